The number of hydrogen-bond donors (Lipinski definition) is 0. The van der Waals surface area contributed by atoms with Crippen LogP contribution in [0, 0.1) is 0 Å². The van der Waals surface area contributed by atoms with Gasteiger partial charge in [-0.15, -0.1) is 11.8 Å². The van der Waals surface area contributed by atoms with Crippen LogP contribution in [0.1, 0.15) is 59.9 Å². The molecule has 0 bridgehead atoms. The molecule has 7 aromatic rings. The smallest absolute Gasteiger partial charge is 0.0588 e. The number of aromatic nitrogens is 1. The van der Waals surface area contributed by atoms with Crippen molar-refractivity contribution in [1.29, 1.82) is 0 Å². The van der Waals surface area contributed by atoms with E-state index < -0.39 is 0 Å². The number of allylic oxidation sites excluding steroid dienone is 1. The normalized spacial score (nSPS) is 17.1. The van der Waals surface area contributed by atoms with Crippen molar-refractivity contribution in [3.63, 3.8) is 0 Å². The van der Waals surface area contributed by atoms with Crippen molar-refractivity contribution in [2.75, 3.05) is 0 Å². The van der Waals surface area contributed by atoms with Crippen molar-refractivity contribution in [2.24, 2.45) is 0 Å². The SMILES string of the molecule is CC(C)(C)c1ccc2c3c(n(-c4ccccc4)c2c1)C(c1cccc2ccccc12)=CC1c2cc(-c4ccccc4)ccc2SC31. The van der Waals surface area contributed by atoms with Gasteiger partial charge >= 0.3 is 0 Å². The standard InChI is InChI=1S/C44H35NS/c1-44(2,3)31-22-23-35-39(26-31)45(32-17-8-5-9-18-32)42-37(34-20-12-16-29-15-10-11-19-33(29)34)27-38-36-25-30(28-13-6-4-7-14-28)21-24-40(36)46-43(38)41(35)42/h4-27,38,43H,1-3H3. The molecule has 1 aliphatic heterocycles. The van der Waals surface area contributed by atoms with E-state index in [4.69, 9.17) is 0 Å². The fourth-order valence-electron chi connectivity index (χ4n) is 7.63. The molecule has 6 aromatic carbocycles. The molecule has 0 amide bonds. The number of thioether (sulfide) groups is 1. The zero-order valence-electron chi connectivity index (χ0n) is 26.4. The van der Waals surface area contributed by atoms with Crippen LogP contribution in [0.4, 0.5) is 0 Å². The zero-order chi connectivity index (χ0) is 31.0. The minimum Gasteiger partial charge on any atom is -0.309 e. The van der Waals surface area contributed by atoms with E-state index in [2.05, 4.69) is 171 Å². The largest absolute Gasteiger partial charge is 0.309 e. The summed E-state index contributed by atoms with van der Waals surface area (Å²) >= 11 is 2.04. The molecular formula is C44H35NS. The molecule has 1 nitrogen and oxygen atoms in total. The second-order valence-electron chi connectivity index (χ2n) is 13.7. The van der Waals surface area contributed by atoms with E-state index in [0.29, 0.717) is 5.25 Å². The number of hydrogen-bond acceptors (Lipinski definition) is 1. The zero-order valence-corrected chi connectivity index (χ0v) is 27.2. The average molecular weight is 610 g/mol. The first-order valence-electron chi connectivity index (χ1n) is 16.3. The van der Waals surface area contributed by atoms with Crippen LogP contribution in [0.2, 0.25) is 0 Å². The lowest BCUT2D eigenvalue weighted by molar-refractivity contribution is 0.591. The third-order valence-corrected chi connectivity index (χ3v) is 11.3. The van der Waals surface area contributed by atoms with Gasteiger partial charge in [0.05, 0.1) is 11.2 Å². The molecule has 1 aliphatic carbocycles. The summed E-state index contributed by atoms with van der Waals surface area (Å²) in [6.07, 6.45) is 2.60. The van der Waals surface area contributed by atoms with Gasteiger partial charge in [0.15, 0.2) is 0 Å². The van der Waals surface area contributed by atoms with Crippen LogP contribution in [0.5, 0.6) is 0 Å². The Hall–Kier alpha value is -4.79. The minimum atomic E-state index is 0.0451. The Morgan fingerprint density at radius 1 is 0.630 bits per heavy atom. The first-order chi connectivity index (χ1) is 22.5. The topological polar surface area (TPSA) is 4.93 Å². The van der Waals surface area contributed by atoms with Gasteiger partial charge in [-0.3, -0.25) is 0 Å². The van der Waals surface area contributed by atoms with Crippen LogP contribution in [0.25, 0.3) is 44.1 Å². The second kappa shape index (κ2) is 10.4. The molecule has 2 heterocycles. The summed E-state index contributed by atoms with van der Waals surface area (Å²) in [7, 11) is 0. The number of benzene rings is 6. The van der Waals surface area contributed by atoms with Crippen molar-refractivity contribution < 1.29 is 0 Å². The highest BCUT2D eigenvalue weighted by Crippen LogP contribution is 2.62. The maximum atomic E-state index is 2.60. The van der Waals surface area contributed by atoms with E-state index in [1.807, 2.05) is 11.8 Å². The van der Waals surface area contributed by atoms with E-state index in [-0.39, 0.29) is 11.3 Å². The van der Waals surface area contributed by atoms with Crippen molar-refractivity contribution in [2.45, 2.75) is 42.2 Å². The average Bonchev–Trinajstić information content (AvgIpc) is 3.63. The number of rotatable bonds is 3. The first kappa shape index (κ1) is 27.5. The Labute approximate surface area is 275 Å². The fraction of sp³-hybridized carbons (Fsp3) is 0.136. The molecule has 2 unspecified atom stereocenters. The van der Waals surface area contributed by atoms with Gasteiger partial charge in [-0.2, -0.15) is 0 Å². The molecule has 2 aliphatic rings. The van der Waals surface area contributed by atoms with Crippen LogP contribution >= 0.6 is 11.8 Å². The molecule has 0 N–H and O–H groups in total. The van der Waals surface area contributed by atoms with Crippen LogP contribution in [0.15, 0.2) is 150 Å². The highest BCUT2D eigenvalue weighted by atomic mass is 32.2. The molecule has 46 heavy (non-hydrogen) atoms. The second-order valence-corrected chi connectivity index (χ2v) is 14.9. The highest BCUT2D eigenvalue weighted by molar-refractivity contribution is 8.00. The van der Waals surface area contributed by atoms with Crippen LogP contribution in [0.3, 0.4) is 0 Å². The number of fused-ring (bicyclic) bond motifs is 8. The predicted molar refractivity (Wildman–Crippen MR) is 196 cm³/mol. The van der Waals surface area contributed by atoms with Gasteiger partial charge in [0.1, 0.15) is 0 Å². The third kappa shape index (κ3) is 4.24. The molecular weight excluding hydrogens is 575 g/mol. The molecule has 2 atom stereocenters. The summed E-state index contributed by atoms with van der Waals surface area (Å²) in [5, 5.41) is 4.22. The predicted octanol–water partition coefficient (Wildman–Crippen LogP) is 12.1. The van der Waals surface area contributed by atoms with Gasteiger partial charge in [0, 0.05) is 38.3 Å². The van der Waals surface area contributed by atoms with Crippen molar-refractivity contribution in [3.8, 4) is 16.8 Å². The monoisotopic (exact) mass is 609 g/mol. The Balaban J connectivity index is 1.38. The van der Waals surface area contributed by atoms with Gasteiger partial charge < -0.3 is 4.57 Å². The summed E-state index contributed by atoms with van der Waals surface area (Å²) in [5.74, 6) is 0.266. The maximum Gasteiger partial charge on any atom is 0.0588 e. The lowest BCUT2D eigenvalue weighted by Crippen LogP contribution is -2.13. The van der Waals surface area contributed by atoms with E-state index in [9.17, 15) is 0 Å². The molecule has 1 aromatic heterocycles. The third-order valence-electron chi connectivity index (χ3n) is 9.91. The molecule has 0 saturated carbocycles. The van der Waals surface area contributed by atoms with Crippen molar-refractivity contribution >= 4 is 39.0 Å². The Morgan fingerprint density at radius 3 is 2.17 bits per heavy atom. The molecule has 0 radical (unpaired) electrons. The summed E-state index contributed by atoms with van der Waals surface area (Å²) in [5.41, 5.74) is 13.3. The van der Waals surface area contributed by atoms with Crippen LogP contribution in [-0.4, -0.2) is 4.57 Å². The van der Waals surface area contributed by atoms with Crippen LogP contribution < -0.4 is 0 Å². The molecule has 222 valence electrons. The van der Waals surface area contributed by atoms with Crippen LogP contribution in [-0.2, 0) is 5.41 Å². The minimum absolute atomic E-state index is 0.0451. The molecule has 9 rings (SSSR count). The van der Waals surface area contributed by atoms with Gasteiger partial charge in [0.25, 0.3) is 0 Å². The first-order valence-corrected chi connectivity index (χ1v) is 17.1. The highest BCUT2D eigenvalue weighted by Gasteiger charge is 2.42. The molecule has 0 spiro atoms. The number of para-hydroxylation sites is 1. The van der Waals surface area contributed by atoms with E-state index >= 15 is 0 Å². The summed E-state index contributed by atoms with van der Waals surface area (Å²) < 4.78 is 2.56. The van der Waals surface area contributed by atoms with Gasteiger partial charge in [0.2, 0.25) is 0 Å². The lowest BCUT2D eigenvalue weighted by Gasteiger charge is -2.28. The Bertz CT molecular complexity index is 2310. The van der Waals surface area contributed by atoms with E-state index in [1.165, 1.54) is 76.9 Å². The summed E-state index contributed by atoms with van der Waals surface area (Å²) in [6, 6.07) is 51.8. The van der Waals surface area contributed by atoms with Crippen molar-refractivity contribution in [1.82, 2.24) is 4.57 Å². The maximum absolute atomic E-state index is 2.60. The fourth-order valence-corrected chi connectivity index (χ4v) is 9.11. The number of nitrogens with zero attached hydrogens (tertiary/aromatic N) is 1. The van der Waals surface area contributed by atoms with Gasteiger partial charge in [-0.05, 0) is 74.3 Å². The Kier molecular flexibility index (Phi) is 6.20. The molecule has 0 saturated heterocycles. The van der Waals surface area contributed by atoms with Crippen molar-refractivity contribution in [3.05, 3.63) is 174 Å². The quantitative estimate of drug-likeness (QED) is 0.193. The molecule has 2 heteroatoms. The van der Waals surface area contributed by atoms with Gasteiger partial charge in [-0.25, -0.2) is 0 Å². The lowest BCUT2D eigenvalue weighted by atomic mass is 9.79. The summed E-state index contributed by atoms with van der Waals surface area (Å²) in [4.78, 5) is 1.39. The Morgan fingerprint density at radius 2 is 1.37 bits per heavy atom. The van der Waals surface area contributed by atoms with E-state index in [0.717, 1.165) is 0 Å². The van der Waals surface area contributed by atoms with Gasteiger partial charge in [-0.1, -0.05) is 136 Å². The van der Waals surface area contributed by atoms with E-state index in [1.54, 1.807) is 0 Å². The summed E-state index contributed by atoms with van der Waals surface area (Å²) in [6.45, 7) is 6.94. The molecule has 0 fully saturated rings.